The zero-order valence-corrected chi connectivity index (χ0v) is 12.0. The molecular formula is C14H18ClNO4. The van der Waals surface area contributed by atoms with Crippen LogP contribution in [0.15, 0.2) is 24.3 Å². The van der Waals surface area contributed by atoms with Gasteiger partial charge in [-0.15, -0.1) is 0 Å². The molecule has 0 aliphatic rings. The standard InChI is InChI=1S/C14H18ClNO4/c1-2-3-8-20-9-12(17)16-13(14(18)19)10-4-6-11(15)7-5-10/h4-7,13H,2-3,8-9H2,1H3,(H,16,17)(H,18,19). The quantitative estimate of drug-likeness (QED) is 0.723. The van der Waals surface area contributed by atoms with E-state index >= 15 is 0 Å². The third kappa shape index (κ3) is 5.59. The molecule has 110 valence electrons. The van der Waals surface area contributed by atoms with Gasteiger partial charge in [-0.05, 0) is 24.1 Å². The maximum atomic E-state index is 11.6. The van der Waals surface area contributed by atoms with E-state index in [1.807, 2.05) is 6.92 Å². The van der Waals surface area contributed by atoms with E-state index in [-0.39, 0.29) is 6.61 Å². The molecule has 1 aromatic carbocycles. The molecule has 0 radical (unpaired) electrons. The molecule has 20 heavy (non-hydrogen) atoms. The fraction of sp³-hybridized carbons (Fsp3) is 0.429. The van der Waals surface area contributed by atoms with Crippen LogP contribution in [0.25, 0.3) is 0 Å². The van der Waals surface area contributed by atoms with Crippen molar-refractivity contribution in [3.8, 4) is 0 Å². The Morgan fingerprint density at radius 1 is 1.35 bits per heavy atom. The zero-order chi connectivity index (χ0) is 15.0. The fourth-order valence-corrected chi connectivity index (χ4v) is 1.68. The number of ether oxygens (including phenoxy) is 1. The van der Waals surface area contributed by atoms with E-state index in [4.69, 9.17) is 21.4 Å². The van der Waals surface area contributed by atoms with Gasteiger partial charge in [0.05, 0.1) is 0 Å². The third-order valence-electron chi connectivity index (χ3n) is 2.63. The highest BCUT2D eigenvalue weighted by Gasteiger charge is 2.21. The average Bonchev–Trinajstić information content (AvgIpc) is 2.42. The number of carboxylic acid groups (broad SMARTS) is 1. The van der Waals surface area contributed by atoms with E-state index in [0.717, 1.165) is 12.8 Å². The Bertz CT molecular complexity index is 447. The van der Waals surface area contributed by atoms with Gasteiger partial charge in [0.25, 0.3) is 0 Å². The maximum absolute atomic E-state index is 11.6. The second-order valence-electron chi connectivity index (χ2n) is 4.30. The lowest BCUT2D eigenvalue weighted by Crippen LogP contribution is -2.36. The Morgan fingerprint density at radius 2 is 2.00 bits per heavy atom. The molecule has 0 fully saturated rings. The highest BCUT2D eigenvalue weighted by molar-refractivity contribution is 6.30. The minimum Gasteiger partial charge on any atom is -0.479 e. The van der Waals surface area contributed by atoms with E-state index in [1.165, 1.54) is 0 Å². The third-order valence-corrected chi connectivity index (χ3v) is 2.88. The van der Waals surface area contributed by atoms with Crippen LogP contribution in [0.4, 0.5) is 0 Å². The van der Waals surface area contributed by atoms with Crippen molar-refractivity contribution in [1.82, 2.24) is 5.32 Å². The van der Waals surface area contributed by atoms with Gasteiger partial charge in [0.2, 0.25) is 5.91 Å². The van der Waals surface area contributed by atoms with Crippen LogP contribution >= 0.6 is 11.6 Å². The van der Waals surface area contributed by atoms with Crippen molar-refractivity contribution in [2.45, 2.75) is 25.8 Å². The van der Waals surface area contributed by atoms with E-state index in [2.05, 4.69) is 5.32 Å². The van der Waals surface area contributed by atoms with Gasteiger partial charge in [0, 0.05) is 11.6 Å². The van der Waals surface area contributed by atoms with Crippen LogP contribution in [-0.4, -0.2) is 30.2 Å². The number of amides is 1. The normalized spacial score (nSPS) is 11.9. The maximum Gasteiger partial charge on any atom is 0.330 e. The van der Waals surface area contributed by atoms with Gasteiger partial charge in [-0.3, -0.25) is 4.79 Å². The fourth-order valence-electron chi connectivity index (χ4n) is 1.56. The number of carboxylic acids is 1. The molecule has 1 aromatic rings. The second kappa shape index (κ2) is 8.55. The molecule has 0 saturated heterocycles. The Hall–Kier alpha value is -1.59. The van der Waals surface area contributed by atoms with Crippen molar-refractivity contribution in [3.63, 3.8) is 0 Å². The minimum atomic E-state index is -1.13. The molecule has 0 heterocycles. The second-order valence-corrected chi connectivity index (χ2v) is 4.73. The number of benzene rings is 1. The molecule has 0 spiro atoms. The smallest absolute Gasteiger partial charge is 0.330 e. The van der Waals surface area contributed by atoms with Gasteiger partial charge in [0.15, 0.2) is 6.04 Å². The van der Waals surface area contributed by atoms with E-state index in [0.29, 0.717) is 17.2 Å². The molecule has 0 saturated carbocycles. The average molecular weight is 300 g/mol. The van der Waals surface area contributed by atoms with Crippen LogP contribution < -0.4 is 5.32 Å². The lowest BCUT2D eigenvalue weighted by atomic mass is 10.1. The Kier molecular flexibility index (Phi) is 7.04. The van der Waals surface area contributed by atoms with Crippen LogP contribution in [0.5, 0.6) is 0 Å². The van der Waals surface area contributed by atoms with Gasteiger partial charge < -0.3 is 15.2 Å². The first-order chi connectivity index (χ1) is 9.54. The molecule has 1 unspecified atom stereocenters. The SMILES string of the molecule is CCCCOCC(=O)NC(C(=O)O)c1ccc(Cl)cc1. The largest absolute Gasteiger partial charge is 0.479 e. The lowest BCUT2D eigenvalue weighted by molar-refractivity contribution is -0.142. The van der Waals surface area contributed by atoms with Gasteiger partial charge in [-0.2, -0.15) is 0 Å². The van der Waals surface area contributed by atoms with Gasteiger partial charge >= 0.3 is 5.97 Å². The van der Waals surface area contributed by atoms with Crippen LogP contribution in [0.2, 0.25) is 5.02 Å². The number of hydrogen-bond donors (Lipinski definition) is 2. The Balaban J connectivity index is 2.57. The molecule has 2 N–H and O–H groups in total. The molecule has 5 nitrogen and oxygen atoms in total. The summed E-state index contributed by atoms with van der Waals surface area (Å²) in [4.78, 5) is 22.8. The first-order valence-corrected chi connectivity index (χ1v) is 6.77. The summed E-state index contributed by atoms with van der Waals surface area (Å²) in [5, 5.41) is 12.1. The lowest BCUT2D eigenvalue weighted by Gasteiger charge is -2.15. The number of rotatable bonds is 8. The van der Waals surface area contributed by atoms with Gasteiger partial charge in [-0.25, -0.2) is 4.79 Å². The van der Waals surface area contributed by atoms with Gasteiger partial charge in [0.1, 0.15) is 6.61 Å². The molecule has 1 amide bonds. The number of hydrogen-bond acceptors (Lipinski definition) is 3. The predicted octanol–water partition coefficient (Wildman–Crippen LogP) is 2.40. The summed E-state index contributed by atoms with van der Waals surface area (Å²) in [7, 11) is 0. The van der Waals surface area contributed by atoms with Crippen molar-refractivity contribution >= 4 is 23.5 Å². The van der Waals surface area contributed by atoms with Crippen LogP contribution in [-0.2, 0) is 14.3 Å². The summed E-state index contributed by atoms with van der Waals surface area (Å²) in [5.41, 5.74) is 0.462. The monoisotopic (exact) mass is 299 g/mol. The first kappa shape index (κ1) is 16.5. The number of carbonyl (C=O) groups excluding carboxylic acids is 1. The number of aliphatic carboxylic acids is 1. The van der Waals surface area contributed by atoms with E-state index in [9.17, 15) is 9.59 Å². The van der Waals surface area contributed by atoms with E-state index < -0.39 is 17.9 Å². The first-order valence-electron chi connectivity index (χ1n) is 6.40. The van der Waals surface area contributed by atoms with Crippen molar-refractivity contribution in [3.05, 3.63) is 34.9 Å². The van der Waals surface area contributed by atoms with Crippen molar-refractivity contribution < 1.29 is 19.4 Å². The summed E-state index contributed by atoms with van der Waals surface area (Å²) in [6.07, 6.45) is 1.84. The Morgan fingerprint density at radius 3 is 2.55 bits per heavy atom. The highest BCUT2D eigenvalue weighted by Crippen LogP contribution is 2.16. The minimum absolute atomic E-state index is 0.141. The highest BCUT2D eigenvalue weighted by atomic mass is 35.5. The molecule has 6 heteroatoms. The van der Waals surface area contributed by atoms with Crippen LogP contribution in [0.1, 0.15) is 31.4 Å². The van der Waals surface area contributed by atoms with Crippen molar-refractivity contribution in [1.29, 1.82) is 0 Å². The number of nitrogens with one attached hydrogen (secondary N) is 1. The topological polar surface area (TPSA) is 75.6 Å². The Labute approximate surface area is 122 Å². The molecule has 0 bridgehead atoms. The molecule has 0 aliphatic heterocycles. The molecule has 0 aliphatic carbocycles. The summed E-state index contributed by atoms with van der Waals surface area (Å²) >= 11 is 5.75. The molecule has 0 aromatic heterocycles. The number of unbranched alkanes of at least 4 members (excludes halogenated alkanes) is 1. The van der Waals surface area contributed by atoms with E-state index in [1.54, 1.807) is 24.3 Å². The molecular weight excluding hydrogens is 282 g/mol. The number of carbonyl (C=O) groups is 2. The summed E-state index contributed by atoms with van der Waals surface area (Å²) in [6.45, 7) is 2.37. The van der Waals surface area contributed by atoms with Gasteiger partial charge in [-0.1, -0.05) is 37.1 Å². The summed E-state index contributed by atoms with van der Waals surface area (Å²) in [5.74, 6) is -1.59. The summed E-state index contributed by atoms with van der Waals surface area (Å²) in [6, 6.07) is 5.20. The molecule has 1 rings (SSSR count). The van der Waals surface area contributed by atoms with Crippen molar-refractivity contribution in [2.75, 3.05) is 13.2 Å². The summed E-state index contributed by atoms with van der Waals surface area (Å²) < 4.78 is 5.15. The number of halogens is 1. The molecule has 1 atom stereocenters. The van der Waals surface area contributed by atoms with Crippen LogP contribution in [0.3, 0.4) is 0 Å². The zero-order valence-electron chi connectivity index (χ0n) is 11.3. The predicted molar refractivity (Wildman–Crippen MR) is 75.7 cm³/mol. The van der Waals surface area contributed by atoms with Crippen LogP contribution in [0, 0.1) is 0 Å². The van der Waals surface area contributed by atoms with Crippen molar-refractivity contribution in [2.24, 2.45) is 0 Å².